The molecule has 1 aromatic carbocycles. The van der Waals surface area contributed by atoms with Gasteiger partial charge in [0, 0.05) is 26.6 Å². The third-order valence-corrected chi connectivity index (χ3v) is 4.56. The van der Waals surface area contributed by atoms with Gasteiger partial charge in [0.05, 0.1) is 4.90 Å². The summed E-state index contributed by atoms with van der Waals surface area (Å²) >= 11 is 0. The first-order chi connectivity index (χ1) is 10.8. The lowest BCUT2D eigenvalue weighted by molar-refractivity contribution is -0.129. The van der Waals surface area contributed by atoms with E-state index >= 15 is 0 Å². The van der Waals surface area contributed by atoms with Gasteiger partial charge in [-0.05, 0) is 37.1 Å². The SMILES string of the molecule is CCCCN(C)C(=O)CCNCCc1ccc(S(N)(=O)=O)cc1. The van der Waals surface area contributed by atoms with Gasteiger partial charge in [-0.15, -0.1) is 0 Å². The van der Waals surface area contributed by atoms with Crippen LogP contribution >= 0.6 is 0 Å². The number of amides is 1. The summed E-state index contributed by atoms with van der Waals surface area (Å²) in [7, 11) is -1.79. The van der Waals surface area contributed by atoms with E-state index in [-0.39, 0.29) is 10.8 Å². The van der Waals surface area contributed by atoms with Gasteiger partial charge in [-0.2, -0.15) is 0 Å². The number of benzene rings is 1. The van der Waals surface area contributed by atoms with Crippen LogP contribution < -0.4 is 10.5 Å². The number of hydrogen-bond acceptors (Lipinski definition) is 4. The second-order valence-corrected chi connectivity index (χ2v) is 7.17. The van der Waals surface area contributed by atoms with Gasteiger partial charge in [0.2, 0.25) is 15.9 Å². The highest BCUT2D eigenvalue weighted by Gasteiger charge is 2.08. The molecule has 23 heavy (non-hydrogen) atoms. The molecule has 6 nitrogen and oxygen atoms in total. The third-order valence-electron chi connectivity index (χ3n) is 3.63. The minimum absolute atomic E-state index is 0.120. The van der Waals surface area contributed by atoms with Gasteiger partial charge >= 0.3 is 0 Å². The molecule has 1 amide bonds. The minimum Gasteiger partial charge on any atom is -0.346 e. The molecule has 0 aromatic heterocycles. The molecule has 0 aliphatic rings. The molecule has 0 saturated carbocycles. The normalized spacial score (nSPS) is 11.4. The summed E-state index contributed by atoms with van der Waals surface area (Å²) in [6, 6.07) is 6.53. The minimum atomic E-state index is -3.63. The number of carbonyl (C=O) groups excluding carboxylic acids is 1. The monoisotopic (exact) mass is 341 g/mol. The number of nitrogens with one attached hydrogen (secondary N) is 1. The molecule has 0 aliphatic heterocycles. The van der Waals surface area contributed by atoms with E-state index in [1.54, 1.807) is 17.0 Å². The standard InChI is InChI=1S/C16H27N3O3S/c1-3-4-13-19(2)16(20)10-12-18-11-9-14-5-7-15(8-6-14)23(17,21)22/h5-8,18H,3-4,9-13H2,1-2H3,(H2,17,21,22). The summed E-state index contributed by atoms with van der Waals surface area (Å²) in [6.07, 6.45) is 3.37. The summed E-state index contributed by atoms with van der Waals surface area (Å²) in [5, 5.41) is 8.28. The molecule has 0 saturated heterocycles. The van der Waals surface area contributed by atoms with Crippen LogP contribution in [0.1, 0.15) is 31.7 Å². The highest BCUT2D eigenvalue weighted by atomic mass is 32.2. The number of nitrogens with two attached hydrogens (primary N) is 1. The summed E-state index contributed by atoms with van der Waals surface area (Å²) < 4.78 is 22.3. The zero-order chi connectivity index (χ0) is 17.3. The first-order valence-corrected chi connectivity index (χ1v) is 9.45. The Balaban J connectivity index is 2.24. The lowest BCUT2D eigenvalue weighted by atomic mass is 10.1. The van der Waals surface area contributed by atoms with Crippen LogP contribution in [0.3, 0.4) is 0 Å². The highest BCUT2D eigenvalue weighted by molar-refractivity contribution is 7.89. The van der Waals surface area contributed by atoms with Gasteiger partial charge in [-0.1, -0.05) is 25.5 Å². The van der Waals surface area contributed by atoms with Crippen molar-refractivity contribution in [2.24, 2.45) is 5.14 Å². The van der Waals surface area contributed by atoms with Crippen LogP contribution in [0.5, 0.6) is 0 Å². The second-order valence-electron chi connectivity index (χ2n) is 5.61. The quantitative estimate of drug-likeness (QED) is 0.624. The van der Waals surface area contributed by atoms with Crippen LogP contribution in [-0.4, -0.2) is 45.9 Å². The largest absolute Gasteiger partial charge is 0.346 e. The fourth-order valence-electron chi connectivity index (χ4n) is 2.11. The van der Waals surface area contributed by atoms with Crippen molar-refractivity contribution in [3.05, 3.63) is 29.8 Å². The lowest BCUT2D eigenvalue weighted by Gasteiger charge is -2.16. The van der Waals surface area contributed by atoms with Gasteiger partial charge in [0.25, 0.3) is 0 Å². The summed E-state index contributed by atoms with van der Waals surface area (Å²) in [5.41, 5.74) is 1.02. The molecular weight excluding hydrogens is 314 g/mol. The highest BCUT2D eigenvalue weighted by Crippen LogP contribution is 2.08. The molecule has 0 radical (unpaired) electrons. The maximum Gasteiger partial charge on any atom is 0.238 e. The van der Waals surface area contributed by atoms with Crippen molar-refractivity contribution < 1.29 is 13.2 Å². The number of hydrogen-bond donors (Lipinski definition) is 2. The van der Waals surface area contributed by atoms with Crippen molar-refractivity contribution in [3.8, 4) is 0 Å². The number of nitrogens with zero attached hydrogens (tertiary/aromatic N) is 1. The Hall–Kier alpha value is -1.44. The predicted molar refractivity (Wildman–Crippen MR) is 91.6 cm³/mol. The van der Waals surface area contributed by atoms with E-state index in [1.807, 2.05) is 7.05 Å². The van der Waals surface area contributed by atoms with Crippen molar-refractivity contribution in [3.63, 3.8) is 0 Å². The number of unbranched alkanes of at least 4 members (excludes halogenated alkanes) is 1. The number of sulfonamides is 1. The molecule has 1 aromatic rings. The van der Waals surface area contributed by atoms with Crippen LogP contribution in [0.4, 0.5) is 0 Å². The molecule has 1 rings (SSSR count). The number of primary sulfonamides is 1. The van der Waals surface area contributed by atoms with Crippen molar-refractivity contribution >= 4 is 15.9 Å². The Bertz CT molecular complexity index is 585. The van der Waals surface area contributed by atoms with Crippen molar-refractivity contribution in [1.82, 2.24) is 10.2 Å². The molecule has 7 heteroatoms. The average Bonchev–Trinajstić information content (AvgIpc) is 2.51. The Kier molecular flexibility index (Phi) is 8.22. The van der Waals surface area contributed by atoms with E-state index in [9.17, 15) is 13.2 Å². The summed E-state index contributed by atoms with van der Waals surface area (Å²) in [6.45, 7) is 4.30. The molecular formula is C16H27N3O3S. The van der Waals surface area contributed by atoms with Crippen molar-refractivity contribution in [1.29, 1.82) is 0 Å². The third kappa shape index (κ3) is 7.58. The maximum absolute atomic E-state index is 11.8. The smallest absolute Gasteiger partial charge is 0.238 e. The second kappa shape index (κ2) is 9.64. The maximum atomic E-state index is 11.8. The van der Waals surface area contributed by atoms with Crippen molar-refractivity contribution in [2.45, 2.75) is 37.5 Å². The first kappa shape index (κ1) is 19.6. The zero-order valence-electron chi connectivity index (χ0n) is 13.9. The number of carbonyl (C=O) groups is 1. The molecule has 0 aliphatic carbocycles. The lowest BCUT2D eigenvalue weighted by Crippen LogP contribution is -2.31. The molecule has 0 fully saturated rings. The Morgan fingerprint density at radius 2 is 1.87 bits per heavy atom. The molecule has 0 bridgehead atoms. The van der Waals surface area contributed by atoms with Crippen LogP contribution in [0.25, 0.3) is 0 Å². The number of rotatable bonds is 10. The summed E-state index contributed by atoms with van der Waals surface area (Å²) in [5.74, 6) is 0.156. The van der Waals surface area contributed by atoms with Gasteiger partial charge < -0.3 is 10.2 Å². The van der Waals surface area contributed by atoms with E-state index in [0.29, 0.717) is 13.0 Å². The predicted octanol–water partition coefficient (Wildman–Crippen LogP) is 1.11. The van der Waals surface area contributed by atoms with Crippen LogP contribution in [0, 0.1) is 0 Å². The Morgan fingerprint density at radius 3 is 2.43 bits per heavy atom. The van der Waals surface area contributed by atoms with Gasteiger partial charge in [0.15, 0.2) is 0 Å². The van der Waals surface area contributed by atoms with E-state index < -0.39 is 10.0 Å². The van der Waals surface area contributed by atoms with Crippen molar-refractivity contribution in [2.75, 3.05) is 26.7 Å². The Morgan fingerprint density at radius 1 is 1.22 bits per heavy atom. The van der Waals surface area contributed by atoms with Crippen LogP contribution in [0.15, 0.2) is 29.2 Å². The molecule has 0 atom stereocenters. The topological polar surface area (TPSA) is 92.5 Å². The molecule has 0 unspecified atom stereocenters. The van der Waals surface area contributed by atoms with Gasteiger partial charge in [0.1, 0.15) is 0 Å². The average molecular weight is 341 g/mol. The first-order valence-electron chi connectivity index (χ1n) is 7.91. The van der Waals surface area contributed by atoms with E-state index in [1.165, 1.54) is 12.1 Å². The fraction of sp³-hybridized carbons (Fsp3) is 0.562. The fourth-order valence-corrected chi connectivity index (χ4v) is 2.63. The molecule has 3 N–H and O–H groups in total. The van der Waals surface area contributed by atoms with Gasteiger partial charge in [-0.3, -0.25) is 4.79 Å². The van der Waals surface area contributed by atoms with E-state index in [4.69, 9.17) is 5.14 Å². The molecule has 130 valence electrons. The molecule has 0 spiro atoms. The Labute approximate surface area is 139 Å². The molecule has 0 heterocycles. The summed E-state index contributed by atoms with van der Waals surface area (Å²) in [4.78, 5) is 13.7. The van der Waals surface area contributed by atoms with Crippen LogP contribution in [-0.2, 0) is 21.2 Å². The zero-order valence-corrected chi connectivity index (χ0v) is 14.7. The van der Waals surface area contributed by atoms with E-state index in [0.717, 1.165) is 37.9 Å². The van der Waals surface area contributed by atoms with E-state index in [2.05, 4.69) is 12.2 Å². The van der Waals surface area contributed by atoms with Crippen LogP contribution in [0.2, 0.25) is 0 Å². The van der Waals surface area contributed by atoms with Gasteiger partial charge in [-0.25, -0.2) is 13.6 Å².